The van der Waals surface area contributed by atoms with Gasteiger partial charge in [0.05, 0.1) is 23.0 Å². The van der Waals surface area contributed by atoms with Gasteiger partial charge in [0.2, 0.25) is 0 Å². The number of imide groups is 1. The van der Waals surface area contributed by atoms with Gasteiger partial charge in [-0.3, -0.25) is 19.5 Å². The molecule has 5 aromatic rings. The molecule has 1 atom stereocenters. The molecule has 8 heteroatoms. The third-order valence-electron chi connectivity index (χ3n) is 7.27. The predicted molar refractivity (Wildman–Crippen MR) is 148 cm³/mol. The summed E-state index contributed by atoms with van der Waals surface area (Å²) in [7, 11) is 0. The molecule has 0 spiro atoms. The highest BCUT2D eigenvalue weighted by atomic mass is 32.1. The molecule has 0 fully saturated rings. The van der Waals surface area contributed by atoms with Crippen LogP contribution in [0.25, 0.3) is 21.7 Å². The molecule has 2 aliphatic rings. The van der Waals surface area contributed by atoms with Crippen molar-refractivity contribution in [3.05, 3.63) is 110 Å². The Morgan fingerprint density at radius 2 is 1.74 bits per heavy atom. The lowest BCUT2D eigenvalue weighted by molar-refractivity contribution is 0.0619. The highest BCUT2D eigenvalue weighted by Gasteiger charge is 2.36. The van der Waals surface area contributed by atoms with Crippen LogP contribution in [0.3, 0.4) is 0 Å². The van der Waals surface area contributed by atoms with Crippen molar-refractivity contribution < 1.29 is 14.0 Å². The number of hydrazone groups is 1. The summed E-state index contributed by atoms with van der Waals surface area (Å²) in [5.74, 6) is -0.580. The van der Waals surface area contributed by atoms with E-state index in [0.717, 1.165) is 21.3 Å². The van der Waals surface area contributed by atoms with Crippen LogP contribution in [-0.2, 0) is 0 Å². The minimum atomic E-state index is -0.429. The summed E-state index contributed by atoms with van der Waals surface area (Å²) < 4.78 is 5.61. The first-order valence-electron chi connectivity index (χ1n) is 12.4. The Bertz CT molecular complexity index is 1850. The fraction of sp³-hybridized carbons (Fsp3) is 0.133. The normalized spacial score (nSPS) is 17.1. The lowest BCUT2D eigenvalue weighted by Gasteiger charge is -2.29. The first kappa shape index (κ1) is 22.6. The second-order valence-corrected chi connectivity index (χ2v) is 10.3. The molecular weight excluding hydrogens is 498 g/mol. The van der Waals surface area contributed by atoms with Crippen molar-refractivity contribution in [1.29, 1.82) is 0 Å². The number of anilines is 1. The first-order chi connectivity index (χ1) is 18.5. The van der Waals surface area contributed by atoms with Crippen LogP contribution in [0.1, 0.15) is 50.5 Å². The maximum absolute atomic E-state index is 13.1. The van der Waals surface area contributed by atoms with Gasteiger partial charge in [0.1, 0.15) is 5.58 Å². The molecule has 0 saturated heterocycles. The zero-order valence-corrected chi connectivity index (χ0v) is 21.2. The number of amides is 2. The van der Waals surface area contributed by atoms with Crippen LogP contribution in [0.5, 0.6) is 0 Å². The number of carbonyl (C=O) groups excluding carboxylic acids is 2. The third kappa shape index (κ3) is 3.27. The summed E-state index contributed by atoms with van der Waals surface area (Å²) >= 11 is 1.62. The molecule has 0 N–H and O–H groups in total. The molecule has 0 aliphatic carbocycles. The zero-order chi connectivity index (χ0) is 26.0. The van der Waals surface area contributed by atoms with Gasteiger partial charge in [-0.05, 0) is 48.7 Å². The number of hydrogen-bond donors (Lipinski definition) is 0. The van der Waals surface area contributed by atoms with Crippen molar-refractivity contribution in [2.45, 2.75) is 19.4 Å². The van der Waals surface area contributed by atoms with Crippen LogP contribution in [0.4, 0.5) is 5.69 Å². The van der Waals surface area contributed by atoms with E-state index in [4.69, 9.17) is 9.52 Å². The Morgan fingerprint density at radius 1 is 0.921 bits per heavy atom. The lowest BCUT2D eigenvalue weighted by atomic mass is 9.92. The Balaban J connectivity index is 1.43. The van der Waals surface area contributed by atoms with Crippen molar-refractivity contribution in [2.75, 3.05) is 11.6 Å². The van der Waals surface area contributed by atoms with Crippen molar-refractivity contribution in [1.82, 2.24) is 4.90 Å². The SMILES string of the molecule is CCN1C(=O)c2cccc3c(N4N=C(c5cc6ccccc6oc5=O)CC4c4cccs4)ccc(c23)C1=O. The number of rotatable bonds is 4. The van der Waals surface area contributed by atoms with E-state index in [1.807, 2.05) is 58.9 Å². The molecule has 0 saturated carbocycles. The van der Waals surface area contributed by atoms with E-state index in [2.05, 4.69) is 6.07 Å². The Kier molecular flexibility index (Phi) is 5.06. The van der Waals surface area contributed by atoms with Crippen molar-refractivity contribution >= 4 is 56.3 Å². The highest BCUT2D eigenvalue weighted by molar-refractivity contribution is 7.10. The van der Waals surface area contributed by atoms with Gasteiger partial charge in [0, 0.05) is 45.1 Å². The van der Waals surface area contributed by atoms with Gasteiger partial charge < -0.3 is 4.42 Å². The van der Waals surface area contributed by atoms with Crippen LogP contribution in [0.15, 0.2) is 92.5 Å². The van der Waals surface area contributed by atoms with Gasteiger partial charge in [-0.2, -0.15) is 5.10 Å². The number of fused-ring (bicyclic) bond motifs is 1. The monoisotopic (exact) mass is 519 g/mol. The summed E-state index contributed by atoms with van der Waals surface area (Å²) in [5.41, 5.74) is 2.95. The molecule has 3 aromatic carbocycles. The summed E-state index contributed by atoms with van der Waals surface area (Å²) in [4.78, 5) is 41.6. The maximum Gasteiger partial charge on any atom is 0.345 e. The van der Waals surface area contributed by atoms with E-state index >= 15 is 0 Å². The number of para-hydroxylation sites is 1. The standard InChI is InChI=1S/C30H21N3O4S/c1-2-32-28(34)19-9-5-8-18-23(13-12-20(27(18)19)29(32)35)33-24(26-11-6-14-38-26)16-22(31-33)21-15-17-7-3-4-10-25(17)37-30(21)36/h3-15,24H,2,16H2,1H3. The molecule has 7 rings (SSSR count). The van der Waals surface area contributed by atoms with Crippen LogP contribution >= 0.6 is 11.3 Å². The summed E-state index contributed by atoms with van der Waals surface area (Å²) in [6.45, 7) is 2.11. The zero-order valence-electron chi connectivity index (χ0n) is 20.4. The molecule has 4 heterocycles. The molecule has 38 heavy (non-hydrogen) atoms. The molecule has 2 amide bonds. The van der Waals surface area contributed by atoms with Crippen molar-refractivity contribution in [3.8, 4) is 0 Å². The minimum Gasteiger partial charge on any atom is -0.422 e. The average molecular weight is 520 g/mol. The van der Waals surface area contributed by atoms with Crippen LogP contribution in [0, 0.1) is 0 Å². The quantitative estimate of drug-likeness (QED) is 0.216. The average Bonchev–Trinajstić information content (AvgIpc) is 3.62. The van der Waals surface area contributed by atoms with Gasteiger partial charge >= 0.3 is 5.63 Å². The maximum atomic E-state index is 13.1. The van der Waals surface area contributed by atoms with E-state index in [1.54, 1.807) is 36.5 Å². The van der Waals surface area contributed by atoms with Crippen molar-refractivity contribution in [3.63, 3.8) is 0 Å². The fourth-order valence-electron chi connectivity index (χ4n) is 5.48. The van der Waals surface area contributed by atoms with Gasteiger partial charge in [-0.1, -0.05) is 36.4 Å². The molecular formula is C30H21N3O4S. The van der Waals surface area contributed by atoms with Gasteiger partial charge in [0.25, 0.3) is 11.8 Å². The summed E-state index contributed by atoms with van der Waals surface area (Å²) in [6, 6.07) is 22.3. The van der Waals surface area contributed by atoms with E-state index in [9.17, 15) is 14.4 Å². The molecule has 186 valence electrons. The number of carbonyl (C=O) groups is 2. The minimum absolute atomic E-state index is 0.157. The Morgan fingerprint density at radius 3 is 2.53 bits per heavy atom. The fourth-order valence-corrected chi connectivity index (χ4v) is 6.29. The number of nitrogens with zero attached hydrogens (tertiary/aromatic N) is 3. The molecule has 1 unspecified atom stereocenters. The van der Waals surface area contributed by atoms with Gasteiger partial charge in [-0.15, -0.1) is 11.3 Å². The van der Waals surface area contributed by atoms with Gasteiger partial charge in [0.15, 0.2) is 0 Å². The number of thiophene rings is 1. The predicted octanol–water partition coefficient (Wildman–Crippen LogP) is 5.98. The van der Waals surface area contributed by atoms with Crippen LogP contribution in [-0.4, -0.2) is 29.0 Å². The molecule has 0 bridgehead atoms. The molecule has 0 radical (unpaired) electrons. The second-order valence-electron chi connectivity index (χ2n) is 9.33. The highest BCUT2D eigenvalue weighted by Crippen LogP contribution is 2.43. The lowest BCUT2D eigenvalue weighted by Crippen LogP contribution is -2.40. The van der Waals surface area contributed by atoms with Gasteiger partial charge in [-0.25, -0.2) is 4.79 Å². The third-order valence-corrected chi connectivity index (χ3v) is 8.24. The Hall–Kier alpha value is -4.56. The largest absolute Gasteiger partial charge is 0.422 e. The topological polar surface area (TPSA) is 83.2 Å². The van der Waals surface area contributed by atoms with E-state index < -0.39 is 5.63 Å². The summed E-state index contributed by atoms with van der Waals surface area (Å²) in [5, 5.41) is 11.2. The molecule has 2 aliphatic heterocycles. The first-order valence-corrected chi connectivity index (χ1v) is 13.3. The van der Waals surface area contributed by atoms with E-state index in [0.29, 0.717) is 46.3 Å². The van der Waals surface area contributed by atoms with Crippen LogP contribution in [0.2, 0.25) is 0 Å². The van der Waals surface area contributed by atoms with Crippen molar-refractivity contribution in [2.24, 2.45) is 5.10 Å². The van der Waals surface area contributed by atoms with E-state index in [1.165, 1.54) is 4.90 Å². The second kappa shape index (κ2) is 8.49. The number of hydrogen-bond acceptors (Lipinski definition) is 7. The van der Waals surface area contributed by atoms with Crippen LogP contribution < -0.4 is 10.6 Å². The van der Waals surface area contributed by atoms with E-state index in [-0.39, 0.29) is 17.9 Å². The molecule has 2 aromatic heterocycles. The summed E-state index contributed by atoms with van der Waals surface area (Å²) in [6.07, 6.45) is 0.508. The smallest absolute Gasteiger partial charge is 0.345 e. The number of benzene rings is 3. The Labute approximate surface area is 221 Å². The molecule has 7 nitrogen and oxygen atoms in total.